The molecular weight excluding hydrogens is 276 g/mol. The summed E-state index contributed by atoms with van der Waals surface area (Å²) in [7, 11) is 0. The van der Waals surface area contributed by atoms with E-state index in [1.807, 2.05) is 31.2 Å². The summed E-state index contributed by atoms with van der Waals surface area (Å²) < 4.78 is 6.06. The number of aryl methyl sites for hydroxylation is 1. The van der Waals surface area contributed by atoms with Gasteiger partial charge < -0.3 is 15.4 Å². The predicted molar refractivity (Wildman–Crippen MR) is 87.6 cm³/mol. The molecule has 0 bridgehead atoms. The average Bonchev–Trinajstić information content (AvgIpc) is 2.53. The van der Waals surface area contributed by atoms with Gasteiger partial charge >= 0.3 is 0 Å². The fraction of sp³-hybridized carbons (Fsp3) is 0.412. The molecule has 1 unspecified atom stereocenters. The van der Waals surface area contributed by atoms with Gasteiger partial charge in [-0.15, -0.1) is 0 Å². The number of benzene rings is 1. The molecule has 1 atom stereocenters. The monoisotopic (exact) mass is 298 g/mol. The number of ether oxygens (including phenoxy) is 1. The third-order valence-electron chi connectivity index (χ3n) is 3.87. The maximum Gasteiger partial charge on any atom is 0.134 e. The maximum atomic E-state index is 6.06. The Balaban J connectivity index is 1.61. The second-order valence-corrected chi connectivity index (χ2v) is 5.71. The smallest absolute Gasteiger partial charge is 0.134 e. The Morgan fingerprint density at radius 2 is 2.09 bits per heavy atom. The lowest BCUT2D eigenvalue weighted by molar-refractivity contribution is 0.0314. The van der Waals surface area contributed by atoms with Crippen molar-refractivity contribution in [3.63, 3.8) is 0 Å². The molecule has 0 amide bonds. The first-order chi connectivity index (χ1) is 10.7. The zero-order chi connectivity index (χ0) is 15.4. The number of aromatic nitrogens is 2. The second kappa shape index (κ2) is 6.75. The molecule has 2 heterocycles. The zero-order valence-corrected chi connectivity index (χ0v) is 12.9. The highest BCUT2D eigenvalue weighted by atomic mass is 16.5. The Bertz CT molecular complexity index is 597. The Labute approximate surface area is 131 Å². The molecule has 2 aromatic rings. The first-order valence-electron chi connectivity index (χ1n) is 7.72. The minimum atomic E-state index is 0.227. The summed E-state index contributed by atoms with van der Waals surface area (Å²) in [5.74, 6) is 2.13. The number of hydrogen-bond donors (Lipinski definition) is 1. The van der Waals surface area contributed by atoms with Crippen LogP contribution < -0.4 is 10.6 Å². The van der Waals surface area contributed by atoms with Crippen LogP contribution in [0.3, 0.4) is 0 Å². The molecule has 2 N–H and O–H groups in total. The van der Waals surface area contributed by atoms with Crippen LogP contribution in [0, 0.1) is 6.92 Å². The van der Waals surface area contributed by atoms with E-state index in [0.29, 0.717) is 18.2 Å². The van der Waals surface area contributed by atoms with E-state index in [9.17, 15) is 0 Å². The van der Waals surface area contributed by atoms with Gasteiger partial charge in [0, 0.05) is 19.2 Å². The number of nitrogen functional groups attached to an aromatic ring is 1. The lowest BCUT2D eigenvalue weighted by atomic mass is 10.1. The van der Waals surface area contributed by atoms with Crippen LogP contribution in [-0.4, -0.2) is 29.2 Å². The number of anilines is 2. The van der Waals surface area contributed by atoms with E-state index in [0.717, 1.165) is 31.7 Å². The van der Waals surface area contributed by atoms with Crippen LogP contribution in [0.1, 0.15) is 24.2 Å². The summed E-state index contributed by atoms with van der Waals surface area (Å²) in [6.07, 6.45) is 2.41. The number of nitrogens with two attached hydrogens (primary N) is 1. The van der Waals surface area contributed by atoms with Crippen molar-refractivity contribution < 1.29 is 4.74 Å². The largest absolute Gasteiger partial charge is 0.384 e. The highest BCUT2D eigenvalue weighted by molar-refractivity contribution is 5.47. The minimum Gasteiger partial charge on any atom is -0.384 e. The SMILES string of the molecule is Cc1nc(N)cc(N2CCCC(OCc3ccccc3)C2)n1. The van der Waals surface area contributed by atoms with Crippen molar-refractivity contribution in [1.82, 2.24) is 9.97 Å². The Kier molecular flexibility index (Phi) is 4.53. The van der Waals surface area contributed by atoms with Crippen molar-refractivity contribution in [1.29, 1.82) is 0 Å². The predicted octanol–water partition coefficient (Wildman–Crippen LogP) is 2.55. The van der Waals surface area contributed by atoms with Gasteiger partial charge in [0.25, 0.3) is 0 Å². The topological polar surface area (TPSA) is 64.3 Å². The van der Waals surface area contributed by atoms with Gasteiger partial charge in [-0.2, -0.15) is 0 Å². The van der Waals surface area contributed by atoms with Gasteiger partial charge in [0.1, 0.15) is 17.5 Å². The summed E-state index contributed by atoms with van der Waals surface area (Å²) in [4.78, 5) is 10.9. The van der Waals surface area contributed by atoms with Crippen LogP contribution >= 0.6 is 0 Å². The van der Waals surface area contributed by atoms with Crippen LogP contribution in [0.2, 0.25) is 0 Å². The number of hydrogen-bond acceptors (Lipinski definition) is 5. The van der Waals surface area contributed by atoms with Crippen LogP contribution in [0.5, 0.6) is 0 Å². The normalized spacial score (nSPS) is 18.4. The van der Waals surface area contributed by atoms with Crippen molar-refractivity contribution in [2.24, 2.45) is 0 Å². The molecule has 1 aromatic heterocycles. The van der Waals surface area contributed by atoms with E-state index in [-0.39, 0.29) is 6.10 Å². The fourth-order valence-electron chi connectivity index (χ4n) is 2.81. The molecule has 0 saturated carbocycles. The van der Waals surface area contributed by atoms with Crippen molar-refractivity contribution >= 4 is 11.6 Å². The molecule has 116 valence electrons. The Hall–Kier alpha value is -2.14. The lowest BCUT2D eigenvalue weighted by Gasteiger charge is -2.33. The van der Waals surface area contributed by atoms with Crippen LogP contribution in [0.15, 0.2) is 36.4 Å². The van der Waals surface area contributed by atoms with Gasteiger partial charge in [0.2, 0.25) is 0 Å². The molecule has 3 rings (SSSR count). The molecule has 5 heteroatoms. The fourth-order valence-corrected chi connectivity index (χ4v) is 2.81. The summed E-state index contributed by atoms with van der Waals surface area (Å²) >= 11 is 0. The Morgan fingerprint density at radius 3 is 2.86 bits per heavy atom. The minimum absolute atomic E-state index is 0.227. The molecule has 1 aliphatic rings. The lowest BCUT2D eigenvalue weighted by Crippen LogP contribution is -2.40. The molecule has 0 spiro atoms. The van der Waals surface area contributed by atoms with E-state index in [4.69, 9.17) is 10.5 Å². The maximum absolute atomic E-state index is 6.06. The molecule has 1 fully saturated rings. The number of piperidine rings is 1. The molecule has 1 saturated heterocycles. The summed E-state index contributed by atoms with van der Waals surface area (Å²) in [5, 5.41) is 0. The summed E-state index contributed by atoms with van der Waals surface area (Å²) in [6, 6.07) is 12.1. The van der Waals surface area contributed by atoms with Gasteiger partial charge in [-0.05, 0) is 25.3 Å². The summed E-state index contributed by atoms with van der Waals surface area (Å²) in [5.41, 5.74) is 7.04. The van der Waals surface area contributed by atoms with Gasteiger partial charge in [0.15, 0.2) is 0 Å². The first-order valence-corrected chi connectivity index (χ1v) is 7.72. The third-order valence-corrected chi connectivity index (χ3v) is 3.87. The standard InChI is InChI=1S/C17H22N4O/c1-13-19-16(18)10-17(20-13)21-9-5-8-15(11-21)22-12-14-6-3-2-4-7-14/h2-4,6-7,10,15H,5,8-9,11-12H2,1H3,(H2,18,19,20). The van der Waals surface area contributed by atoms with Crippen LogP contribution in [0.25, 0.3) is 0 Å². The van der Waals surface area contributed by atoms with E-state index in [1.54, 1.807) is 0 Å². The van der Waals surface area contributed by atoms with Gasteiger partial charge in [0.05, 0.1) is 12.7 Å². The highest BCUT2D eigenvalue weighted by Gasteiger charge is 2.22. The molecule has 22 heavy (non-hydrogen) atoms. The van der Waals surface area contributed by atoms with E-state index < -0.39 is 0 Å². The van der Waals surface area contributed by atoms with Crippen LogP contribution in [-0.2, 0) is 11.3 Å². The molecule has 1 aliphatic heterocycles. The van der Waals surface area contributed by atoms with Crippen molar-refractivity contribution in [2.45, 2.75) is 32.5 Å². The van der Waals surface area contributed by atoms with Gasteiger partial charge in [-0.1, -0.05) is 30.3 Å². The number of rotatable bonds is 4. The van der Waals surface area contributed by atoms with Crippen molar-refractivity contribution in [2.75, 3.05) is 23.7 Å². The second-order valence-electron chi connectivity index (χ2n) is 5.71. The summed E-state index contributed by atoms with van der Waals surface area (Å²) in [6.45, 7) is 4.36. The van der Waals surface area contributed by atoms with Crippen molar-refractivity contribution in [3.8, 4) is 0 Å². The van der Waals surface area contributed by atoms with E-state index >= 15 is 0 Å². The molecule has 0 aliphatic carbocycles. The first kappa shape index (κ1) is 14.8. The molecular formula is C17H22N4O. The van der Waals surface area contributed by atoms with Crippen molar-refractivity contribution in [3.05, 3.63) is 47.8 Å². The Morgan fingerprint density at radius 1 is 1.27 bits per heavy atom. The van der Waals surface area contributed by atoms with E-state index in [1.165, 1.54) is 5.56 Å². The highest BCUT2D eigenvalue weighted by Crippen LogP contribution is 2.21. The zero-order valence-electron chi connectivity index (χ0n) is 12.9. The van der Waals surface area contributed by atoms with Gasteiger partial charge in [-0.25, -0.2) is 9.97 Å². The molecule has 5 nitrogen and oxygen atoms in total. The van der Waals surface area contributed by atoms with E-state index in [2.05, 4.69) is 27.0 Å². The van der Waals surface area contributed by atoms with Crippen LogP contribution in [0.4, 0.5) is 11.6 Å². The third kappa shape index (κ3) is 3.74. The van der Waals surface area contributed by atoms with Gasteiger partial charge in [-0.3, -0.25) is 0 Å². The average molecular weight is 298 g/mol. The number of nitrogens with zero attached hydrogens (tertiary/aromatic N) is 3. The molecule has 1 aromatic carbocycles. The molecule has 0 radical (unpaired) electrons. The quantitative estimate of drug-likeness (QED) is 0.939.